The van der Waals surface area contributed by atoms with Gasteiger partial charge < -0.3 is 20.1 Å². The van der Waals surface area contributed by atoms with Gasteiger partial charge in [0.1, 0.15) is 0 Å². The zero-order valence-electron chi connectivity index (χ0n) is 16.9. The Morgan fingerprint density at radius 1 is 1.15 bits per heavy atom. The first-order valence-corrected chi connectivity index (χ1v) is 11.2. The fourth-order valence-electron chi connectivity index (χ4n) is 2.52. The highest BCUT2D eigenvalue weighted by molar-refractivity contribution is 7.90. The van der Waals surface area contributed by atoms with E-state index in [0.717, 1.165) is 49.6 Å². The molecule has 0 amide bonds. The average Bonchev–Trinajstić information content (AvgIpc) is 2.60. The van der Waals surface area contributed by atoms with Crippen molar-refractivity contribution in [2.75, 3.05) is 46.3 Å². The molecule has 0 saturated heterocycles. The van der Waals surface area contributed by atoms with Crippen molar-refractivity contribution >= 4 is 15.8 Å². The van der Waals surface area contributed by atoms with Crippen molar-refractivity contribution in [3.63, 3.8) is 0 Å². The molecule has 0 spiro atoms. The van der Waals surface area contributed by atoms with Crippen LogP contribution in [0.3, 0.4) is 0 Å². The summed E-state index contributed by atoms with van der Waals surface area (Å²) in [5, 5.41) is 6.52. The number of hydrogen-bond donors (Lipinski definition) is 2. The molecule has 0 bridgehead atoms. The molecule has 7 nitrogen and oxygen atoms in total. The van der Waals surface area contributed by atoms with Crippen LogP contribution < -0.4 is 10.6 Å². The van der Waals surface area contributed by atoms with Crippen molar-refractivity contribution in [1.29, 1.82) is 0 Å². The lowest BCUT2D eigenvalue weighted by Gasteiger charge is -2.12. The van der Waals surface area contributed by atoms with Crippen LogP contribution in [0.25, 0.3) is 0 Å². The number of guanidine groups is 1. The van der Waals surface area contributed by atoms with E-state index in [-0.39, 0.29) is 0 Å². The fraction of sp³-hybridized carbons (Fsp3) is 0.632. The quantitative estimate of drug-likeness (QED) is 0.317. The molecule has 0 saturated carbocycles. The minimum absolute atomic E-state index is 0.368. The van der Waals surface area contributed by atoms with E-state index in [1.165, 1.54) is 6.26 Å². The fourth-order valence-corrected chi connectivity index (χ4v) is 3.48. The van der Waals surface area contributed by atoms with Crippen molar-refractivity contribution in [3.8, 4) is 0 Å². The summed E-state index contributed by atoms with van der Waals surface area (Å²) in [6.07, 6.45) is 3.19. The molecule has 27 heavy (non-hydrogen) atoms. The van der Waals surface area contributed by atoms with E-state index in [0.29, 0.717) is 24.7 Å². The molecule has 1 aromatic rings. The highest BCUT2D eigenvalue weighted by Crippen LogP contribution is 2.17. The Labute approximate surface area is 163 Å². The van der Waals surface area contributed by atoms with Gasteiger partial charge in [0.2, 0.25) is 0 Å². The number of unbranched alkanes of at least 4 members (excludes halogenated alkanes) is 1. The number of ether oxygens (including phenoxy) is 2. The molecule has 0 aliphatic rings. The van der Waals surface area contributed by atoms with Crippen LogP contribution in [0.5, 0.6) is 0 Å². The molecule has 1 rings (SSSR count). The second kappa shape index (κ2) is 12.7. The molecule has 0 aliphatic heterocycles. The summed E-state index contributed by atoms with van der Waals surface area (Å²) in [6, 6.07) is 5.34. The van der Waals surface area contributed by atoms with Crippen molar-refractivity contribution in [1.82, 2.24) is 10.6 Å². The number of aryl methyl sites for hydroxylation is 1. The summed E-state index contributed by atoms with van der Waals surface area (Å²) in [4.78, 5) is 4.94. The van der Waals surface area contributed by atoms with Crippen molar-refractivity contribution in [3.05, 3.63) is 29.3 Å². The Hall–Kier alpha value is -1.64. The summed E-state index contributed by atoms with van der Waals surface area (Å²) in [7, 11) is -1.53. The zero-order chi connectivity index (χ0) is 20.1. The van der Waals surface area contributed by atoms with Crippen LogP contribution >= 0.6 is 0 Å². The van der Waals surface area contributed by atoms with Gasteiger partial charge in [0, 0.05) is 33.1 Å². The number of rotatable bonds is 12. The molecule has 154 valence electrons. The van der Waals surface area contributed by atoms with Gasteiger partial charge in [-0.15, -0.1) is 0 Å². The number of benzene rings is 1. The monoisotopic (exact) mass is 399 g/mol. The van der Waals surface area contributed by atoms with Gasteiger partial charge in [-0.3, -0.25) is 0 Å². The standard InChI is InChI=1S/C19H33N3O4S/c1-5-20-19(21-10-6-7-11-26-13-12-25-3)22-15-17-8-9-18(16(2)14-17)27(4,23)24/h8-9,14H,5-7,10-13,15H2,1-4H3,(H2,20,21,22). The Kier molecular flexibility index (Phi) is 11.0. The van der Waals surface area contributed by atoms with Gasteiger partial charge in [0.25, 0.3) is 0 Å². The molecule has 0 aliphatic carbocycles. The van der Waals surface area contributed by atoms with E-state index in [4.69, 9.17) is 9.47 Å². The van der Waals surface area contributed by atoms with Crippen molar-refractivity contribution in [2.45, 2.75) is 38.1 Å². The molecule has 8 heteroatoms. The van der Waals surface area contributed by atoms with E-state index in [1.807, 2.05) is 26.0 Å². The Morgan fingerprint density at radius 2 is 1.93 bits per heavy atom. The molecule has 0 unspecified atom stereocenters. The molecule has 0 heterocycles. The largest absolute Gasteiger partial charge is 0.382 e. The summed E-state index contributed by atoms with van der Waals surface area (Å²) < 4.78 is 33.8. The van der Waals surface area contributed by atoms with Crippen LogP contribution in [0.15, 0.2) is 28.1 Å². The van der Waals surface area contributed by atoms with Crippen LogP contribution in [0, 0.1) is 6.92 Å². The van der Waals surface area contributed by atoms with Crippen molar-refractivity contribution in [2.24, 2.45) is 4.99 Å². The SMILES string of the molecule is CCNC(=NCc1ccc(S(C)(=O)=O)c(C)c1)NCCCCOCCOC. The van der Waals surface area contributed by atoms with Gasteiger partial charge in [0.15, 0.2) is 15.8 Å². The Balaban J connectivity index is 2.48. The first kappa shape index (κ1) is 23.4. The molecule has 1 aromatic carbocycles. The molecular weight excluding hydrogens is 366 g/mol. The summed E-state index contributed by atoms with van der Waals surface area (Å²) >= 11 is 0. The van der Waals surface area contributed by atoms with Gasteiger partial charge >= 0.3 is 0 Å². The summed E-state index contributed by atoms with van der Waals surface area (Å²) in [5.41, 5.74) is 1.72. The lowest BCUT2D eigenvalue weighted by atomic mass is 10.1. The second-order valence-electron chi connectivity index (χ2n) is 6.31. The zero-order valence-corrected chi connectivity index (χ0v) is 17.7. The lowest BCUT2D eigenvalue weighted by Crippen LogP contribution is -2.37. The van der Waals surface area contributed by atoms with Gasteiger partial charge in [-0.2, -0.15) is 0 Å². The smallest absolute Gasteiger partial charge is 0.191 e. The van der Waals surface area contributed by atoms with Crippen LogP contribution in [0.2, 0.25) is 0 Å². The molecule has 0 aromatic heterocycles. The summed E-state index contributed by atoms with van der Waals surface area (Å²) in [6.45, 7) is 7.88. The minimum Gasteiger partial charge on any atom is -0.382 e. The van der Waals surface area contributed by atoms with Crippen LogP contribution in [-0.4, -0.2) is 60.7 Å². The predicted octanol–water partition coefficient (Wildman–Crippen LogP) is 1.90. The number of sulfone groups is 1. The van der Waals surface area contributed by atoms with E-state index >= 15 is 0 Å². The topological polar surface area (TPSA) is 89.0 Å². The third-order valence-electron chi connectivity index (χ3n) is 3.84. The number of methoxy groups -OCH3 is 1. The Bertz CT molecular complexity index is 690. The van der Waals surface area contributed by atoms with Gasteiger partial charge in [-0.05, 0) is 43.9 Å². The minimum atomic E-state index is -3.19. The van der Waals surface area contributed by atoms with Crippen LogP contribution in [0.1, 0.15) is 30.9 Å². The van der Waals surface area contributed by atoms with E-state index < -0.39 is 9.84 Å². The van der Waals surface area contributed by atoms with Gasteiger partial charge in [-0.1, -0.05) is 12.1 Å². The van der Waals surface area contributed by atoms with E-state index in [9.17, 15) is 8.42 Å². The maximum Gasteiger partial charge on any atom is 0.191 e. The van der Waals surface area contributed by atoms with E-state index in [1.54, 1.807) is 13.2 Å². The normalized spacial score (nSPS) is 12.2. The molecule has 2 N–H and O–H groups in total. The predicted molar refractivity (Wildman–Crippen MR) is 109 cm³/mol. The number of nitrogens with one attached hydrogen (secondary N) is 2. The third-order valence-corrected chi connectivity index (χ3v) is 5.10. The molecule has 0 fully saturated rings. The second-order valence-corrected chi connectivity index (χ2v) is 8.29. The third kappa shape index (κ3) is 9.74. The summed E-state index contributed by atoms with van der Waals surface area (Å²) in [5.74, 6) is 0.752. The first-order chi connectivity index (χ1) is 12.9. The average molecular weight is 400 g/mol. The molecule has 0 atom stereocenters. The van der Waals surface area contributed by atoms with Gasteiger partial charge in [-0.25, -0.2) is 13.4 Å². The number of hydrogen-bond acceptors (Lipinski definition) is 5. The number of nitrogens with zero attached hydrogens (tertiary/aromatic N) is 1. The first-order valence-electron chi connectivity index (χ1n) is 9.27. The van der Waals surface area contributed by atoms with Crippen LogP contribution in [-0.2, 0) is 25.9 Å². The lowest BCUT2D eigenvalue weighted by molar-refractivity contribution is 0.0689. The van der Waals surface area contributed by atoms with Crippen LogP contribution in [0.4, 0.5) is 0 Å². The van der Waals surface area contributed by atoms with Gasteiger partial charge in [0.05, 0.1) is 24.7 Å². The highest BCUT2D eigenvalue weighted by Gasteiger charge is 2.10. The van der Waals surface area contributed by atoms with Crippen molar-refractivity contribution < 1.29 is 17.9 Å². The highest BCUT2D eigenvalue weighted by atomic mass is 32.2. The molecular formula is C19H33N3O4S. The maximum atomic E-state index is 11.7. The number of aliphatic imine (C=N–C) groups is 1. The van der Waals surface area contributed by atoms with E-state index in [2.05, 4.69) is 15.6 Å². The molecule has 0 radical (unpaired) electrons. The Morgan fingerprint density at radius 3 is 2.56 bits per heavy atom. The maximum absolute atomic E-state index is 11.7.